The molecule has 1 aromatic carbocycles. The summed E-state index contributed by atoms with van der Waals surface area (Å²) >= 11 is 5.55. The number of halogens is 4. The molecule has 15 heavy (non-hydrogen) atoms. The minimum atomic E-state index is -4.44. The van der Waals surface area contributed by atoms with Crippen molar-refractivity contribution in [3.63, 3.8) is 0 Å². The van der Waals surface area contributed by atoms with Crippen LogP contribution in [-0.4, -0.2) is 12.8 Å². The Morgan fingerprint density at radius 2 is 2.07 bits per heavy atom. The summed E-state index contributed by atoms with van der Waals surface area (Å²) in [6.07, 6.45) is -4.44. The van der Waals surface area contributed by atoms with Crippen LogP contribution >= 0.6 is 11.6 Å². The normalized spacial score (nSPS) is 10.9. The van der Waals surface area contributed by atoms with Gasteiger partial charge in [-0.1, -0.05) is 11.6 Å². The van der Waals surface area contributed by atoms with Crippen molar-refractivity contribution in [3.8, 4) is 11.8 Å². The first kappa shape index (κ1) is 11.7. The smallest absolute Gasteiger partial charge is 0.422 e. The number of ether oxygens (including phenoxy) is 1. The van der Waals surface area contributed by atoms with Gasteiger partial charge < -0.3 is 4.74 Å². The van der Waals surface area contributed by atoms with Gasteiger partial charge in [0, 0.05) is 11.1 Å². The van der Waals surface area contributed by atoms with E-state index in [-0.39, 0.29) is 16.3 Å². The first-order valence-electron chi connectivity index (χ1n) is 3.81. The van der Waals surface area contributed by atoms with Gasteiger partial charge in [0.1, 0.15) is 11.8 Å². The maximum atomic E-state index is 11.8. The van der Waals surface area contributed by atoms with Crippen LogP contribution in [0.2, 0.25) is 5.02 Å². The number of rotatable bonds is 2. The third-order valence-corrected chi connectivity index (χ3v) is 1.69. The van der Waals surface area contributed by atoms with E-state index in [1.165, 1.54) is 18.2 Å². The molecule has 0 amide bonds. The Morgan fingerprint density at radius 3 is 2.60 bits per heavy atom. The molecule has 0 bridgehead atoms. The van der Waals surface area contributed by atoms with Gasteiger partial charge in [-0.3, -0.25) is 0 Å². The number of benzene rings is 1. The molecule has 1 rings (SSSR count). The monoisotopic (exact) mass is 235 g/mol. The summed E-state index contributed by atoms with van der Waals surface area (Å²) in [6, 6.07) is 5.58. The number of hydrogen-bond acceptors (Lipinski definition) is 2. The third-order valence-electron chi connectivity index (χ3n) is 1.46. The van der Waals surface area contributed by atoms with E-state index in [0.717, 1.165) is 0 Å². The molecule has 0 fully saturated rings. The van der Waals surface area contributed by atoms with Gasteiger partial charge in [-0.2, -0.15) is 18.4 Å². The maximum Gasteiger partial charge on any atom is 0.422 e. The lowest BCUT2D eigenvalue weighted by atomic mass is 10.2. The molecule has 0 aromatic heterocycles. The zero-order chi connectivity index (χ0) is 11.5. The summed E-state index contributed by atoms with van der Waals surface area (Å²) in [6.45, 7) is -1.44. The van der Waals surface area contributed by atoms with Crippen LogP contribution in [0.25, 0.3) is 0 Å². The fourth-order valence-electron chi connectivity index (χ4n) is 0.868. The summed E-state index contributed by atoms with van der Waals surface area (Å²) in [7, 11) is 0. The molecule has 0 spiro atoms. The standard InChI is InChI=1S/C9H5ClF3NO/c10-7-2-1-6(4-14)8(3-7)15-5-9(11,12)13/h1-3H,5H2. The summed E-state index contributed by atoms with van der Waals surface area (Å²) in [5.74, 6) is -0.165. The minimum absolute atomic E-state index is 0.0173. The lowest BCUT2D eigenvalue weighted by molar-refractivity contribution is -0.153. The molecule has 0 saturated heterocycles. The molecule has 0 aliphatic carbocycles. The Hall–Kier alpha value is -1.41. The number of alkyl halides is 3. The van der Waals surface area contributed by atoms with E-state index in [4.69, 9.17) is 16.9 Å². The maximum absolute atomic E-state index is 11.8. The van der Waals surface area contributed by atoms with Gasteiger partial charge in [0.2, 0.25) is 0 Å². The van der Waals surface area contributed by atoms with E-state index < -0.39 is 12.8 Å². The number of nitriles is 1. The van der Waals surface area contributed by atoms with Crippen molar-refractivity contribution in [1.29, 1.82) is 5.26 Å². The van der Waals surface area contributed by atoms with Crippen molar-refractivity contribution in [2.75, 3.05) is 6.61 Å². The van der Waals surface area contributed by atoms with E-state index in [2.05, 4.69) is 4.74 Å². The Labute approximate surface area is 88.8 Å². The van der Waals surface area contributed by atoms with E-state index >= 15 is 0 Å². The molecular formula is C9H5ClF3NO. The molecule has 0 N–H and O–H groups in total. The second-order valence-electron chi connectivity index (χ2n) is 2.66. The quantitative estimate of drug-likeness (QED) is 0.789. The fourth-order valence-corrected chi connectivity index (χ4v) is 1.03. The van der Waals surface area contributed by atoms with Gasteiger partial charge in [0.25, 0.3) is 0 Å². The van der Waals surface area contributed by atoms with Crippen molar-refractivity contribution in [3.05, 3.63) is 28.8 Å². The largest absolute Gasteiger partial charge is 0.483 e. The summed E-state index contributed by atoms with van der Waals surface area (Å²) in [4.78, 5) is 0. The molecule has 0 saturated carbocycles. The van der Waals surface area contributed by atoms with E-state index in [0.29, 0.717) is 0 Å². The predicted octanol–water partition coefficient (Wildman–Crippen LogP) is 3.15. The minimum Gasteiger partial charge on any atom is -0.483 e. The van der Waals surface area contributed by atoms with E-state index in [1.807, 2.05) is 0 Å². The highest BCUT2D eigenvalue weighted by Crippen LogP contribution is 2.25. The van der Waals surface area contributed by atoms with E-state index in [1.54, 1.807) is 6.07 Å². The average Bonchev–Trinajstić information content (AvgIpc) is 2.14. The Kier molecular flexibility index (Phi) is 3.43. The predicted molar refractivity (Wildman–Crippen MR) is 47.7 cm³/mol. The van der Waals surface area contributed by atoms with Crippen LogP contribution < -0.4 is 4.74 Å². The fraction of sp³-hybridized carbons (Fsp3) is 0.222. The van der Waals surface area contributed by atoms with Gasteiger partial charge in [0.05, 0.1) is 5.56 Å². The first-order valence-corrected chi connectivity index (χ1v) is 4.19. The lowest BCUT2D eigenvalue weighted by Crippen LogP contribution is -2.19. The molecule has 6 heteroatoms. The summed E-state index contributed by atoms with van der Waals surface area (Å²) in [5, 5.41) is 8.80. The Morgan fingerprint density at radius 1 is 1.40 bits per heavy atom. The molecule has 0 heterocycles. The second-order valence-corrected chi connectivity index (χ2v) is 3.09. The summed E-state index contributed by atoms with van der Waals surface area (Å²) in [5.41, 5.74) is 0.0173. The third kappa shape index (κ3) is 3.68. The highest BCUT2D eigenvalue weighted by Gasteiger charge is 2.28. The molecule has 1 aromatic rings. The zero-order valence-electron chi connectivity index (χ0n) is 7.31. The number of hydrogen-bond donors (Lipinski definition) is 0. The second kappa shape index (κ2) is 4.41. The van der Waals surface area contributed by atoms with Crippen LogP contribution in [0.4, 0.5) is 13.2 Å². The summed E-state index contributed by atoms with van der Waals surface area (Å²) < 4.78 is 40.0. The van der Waals surface area contributed by atoms with Crippen molar-refractivity contribution in [2.24, 2.45) is 0 Å². The van der Waals surface area contributed by atoms with Crippen molar-refractivity contribution in [2.45, 2.75) is 6.18 Å². The molecule has 0 aliphatic heterocycles. The zero-order valence-corrected chi connectivity index (χ0v) is 8.06. The van der Waals surface area contributed by atoms with Crippen molar-refractivity contribution < 1.29 is 17.9 Å². The molecule has 2 nitrogen and oxygen atoms in total. The molecular weight excluding hydrogens is 231 g/mol. The van der Waals surface area contributed by atoms with Gasteiger partial charge in [0.15, 0.2) is 6.61 Å². The van der Waals surface area contributed by atoms with Gasteiger partial charge in [-0.15, -0.1) is 0 Å². The van der Waals surface area contributed by atoms with Crippen LogP contribution in [0.3, 0.4) is 0 Å². The van der Waals surface area contributed by atoms with Crippen LogP contribution in [0, 0.1) is 11.3 Å². The highest BCUT2D eigenvalue weighted by atomic mass is 35.5. The molecule has 80 valence electrons. The Balaban J connectivity index is 2.85. The highest BCUT2D eigenvalue weighted by molar-refractivity contribution is 6.30. The van der Waals surface area contributed by atoms with Crippen molar-refractivity contribution >= 4 is 11.6 Å². The van der Waals surface area contributed by atoms with Crippen LogP contribution in [-0.2, 0) is 0 Å². The van der Waals surface area contributed by atoms with Crippen LogP contribution in [0.15, 0.2) is 18.2 Å². The van der Waals surface area contributed by atoms with Gasteiger partial charge in [-0.25, -0.2) is 0 Å². The lowest BCUT2D eigenvalue weighted by Gasteiger charge is -2.10. The molecule has 0 aliphatic rings. The molecule has 0 atom stereocenters. The van der Waals surface area contributed by atoms with E-state index in [9.17, 15) is 13.2 Å². The van der Waals surface area contributed by atoms with Crippen molar-refractivity contribution in [1.82, 2.24) is 0 Å². The molecule has 0 radical (unpaired) electrons. The number of nitrogens with zero attached hydrogens (tertiary/aromatic N) is 1. The van der Waals surface area contributed by atoms with Crippen LogP contribution in [0.5, 0.6) is 5.75 Å². The Bertz CT molecular complexity index is 397. The molecule has 0 unspecified atom stereocenters. The average molecular weight is 236 g/mol. The van der Waals surface area contributed by atoms with Crippen LogP contribution in [0.1, 0.15) is 5.56 Å². The van der Waals surface area contributed by atoms with Gasteiger partial charge >= 0.3 is 6.18 Å². The van der Waals surface area contributed by atoms with Gasteiger partial charge in [-0.05, 0) is 12.1 Å². The topological polar surface area (TPSA) is 33.0 Å². The SMILES string of the molecule is N#Cc1ccc(Cl)cc1OCC(F)(F)F. The first-order chi connectivity index (χ1) is 6.92.